The zero-order valence-electron chi connectivity index (χ0n) is 21.7. The Hall–Kier alpha value is -2.63. The average Bonchev–Trinajstić information content (AvgIpc) is 3.29. The summed E-state index contributed by atoms with van der Waals surface area (Å²) in [6, 6.07) is 22.0. The van der Waals surface area contributed by atoms with Gasteiger partial charge in [0.15, 0.2) is 0 Å². The molecule has 2 aliphatic rings. The monoisotopic (exact) mass is 476 g/mol. The van der Waals surface area contributed by atoms with Crippen molar-refractivity contribution < 1.29 is 18.6 Å². The van der Waals surface area contributed by atoms with E-state index in [1.807, 2.05) is 0 Å². The van der Waals surface area contributed by atoms with Crippen LogP contribution >= 0.6 is 0 Å². The molecule has 5 aromatic carbocycles. The van der Waals surface area contributed by atoms with Crippen molar-refractivity contribution in [3.63, 3.8) is 0 Å². The predicted molar refractivity (Wildman–Crippen MR) is 150 cm³/mol. The van der Waals surface area contributed by atoms with Crippen LogP contribution in [0.2, 0.25) is 0 Å². The molecule has 2 aliphatic heterocycles. The van der Waals surface area contributed by atoms with Gasteiger partial charge in [-0.05, 0) is 95.6 Å². The van der Waals surface area contributed by atoms with Gasteiger partial charge < -0.3 is 18.6 Å². The maximum absolute atomic E-state index is 6.46. The lowest BCUT2D eigenvalue weighted by molar-refractivity contribution is 0.00578. The van der Waals surface area contributed by atoms with Gasteiger partial charge in [-0.15, -0.1) is 0 Å². The molecule has 0 bridgehead atoms. The summed E-state index contributed by atoms with van der Waals surface area (Å²) < 4.78 is 25.3. The van der Waals surface area contributed by atoms with Gasteiger partial charge >= 0.3 is 14.2 Å². The van der Waals surface area contributed by atoms with E-state index >= 15 is 0 Å². The highest BCUT2D eigenvalue weighted by atomic mass is 16.7. The Kier molecular flexibility index (Phi) is 4.67. The van der Waals surface area contributed by atoms with E-state index in [0.29, 0.717) is 0 Å². The smallest absolute Gasteiger partial charge is 0.402 e. The summed E-state index contributed by atoms with van der Waals surface area (Å²) in [5.74, 6) is 0. The molecule has 2 atom stereocenters. The first-order valence-corrected chi connectivity index (χ1v) is 12.9. The van der Waals surface area contributed by atoms with Gasteiger partial charge in [0.2, 0.25) is 0 Å². The summed E-state index contributed by atoms with van der Waals surface area (Å²) in [6.45, 7) is 12.6. The Balaban J connectivity index is 1.49. The molecule has 5 aromatic rings. The lowest BCUT2D eigenvalue weighted by atomic mass is 9.72. The molecule has 180 valence electrons. The fourth-order valence-corrected chi connectivity index (χ4v) is 5.93. The van der Waals surface area contributed by atoms with Gasteiger partial charge in [0, 0.05) is 0 Å². The van der Waals surface area contributed by atoms with Gasteiger partial charge in [-0.2, -0.15) is 0 Å². The van der Waals surface area contributed by atoms with Crippen molar-refractivity contribution in [2.75, 3.05) is 0 Å². The molecule has 0 amide bonds. The number of fused-ring (bicyclic) bond motifs is 2. The van der Waals surface area contributed by atoms with Crippen molar-refractivity contribution in [3.8, 4) is 0 Å². The topological polar surface area (TPSA) is 36.9 Å². The van der Waals surface area contributed by atoms with Crippen LogP contribution in [-0.4, -0.2) is 37.6 Å². The summed E-state index contributed by atoms with van der Waals surface area (Å²) in [6.07, 6.45) is 0.146. The Morgan fingerprint density at radius 1 is 0.528 bits per heavy atom. The van der Waals surface area contributed by atoms with Crippen molar-refractivity contribution in [1.29, 1.82) is 0 Å². The maximum Gasteiger partial charge on any atom is 0.495 e. The number of hydrogen-bond acceptors (Lipinski definition) is 4. The molecule has 0 aromatic heterocycles. The molecule has 0 saturated carbocycles. The summed E-state index contributed by atoms with van der Waals surface area (Å²) in [5.41, 5.74) is 1.41. The van der Waals surface area contributed by atoms with Crippen molar-refractivity contribution in [1.82, 2.24) is 0 Å². The third-order valence-corrected chi connectivity index (χ3v) is 8.83. The Morgan fingerprint density at radius 2 is 0.917 bits per heavy atom. The van der Waals surface area contributed by atoms with Crippen LogP contribution in [0.25, 0.3) is 43.1 Å². The highest BCUT2D eigenvalue weighted by Crippen LogP contribution is 2.41. The molecular weight excluding hydrogens is 446 g/mol. The maximum atomic E-state index is 6.46. The molecule has 2 fully saturated rings. The number of hydrogen-bond donors (Lipinski definition) is 0. The third-order valence-electron chi connectivity index (χ3n) is 8.83. The average molecular weight is 476 g/mol. The summed E-state index contributed by atoms with van der Waals surface area (Å²) >= 11 is 0. The van der Waals surface area contributed by atoms with Crippen molar-refractivity contribution in [3.05, 3.63) is 60.7 Å². The first-order valence-electron chi connectivity index (χ1n) is 12.9. The molecule has 0 radical (unpaired) electrons. The van der Waals surface area contributed by atoms with E-state index in [1.54, 1.807) is 0 Å². The van der Waals surface area contributed by atoms with Crippen LogP contribution < -0.4 is 10.9 Å². The minimum absolute atomic E-state index is 0.0729. The van der Waals surface area contributed by atoms with Gasteiger partial charge in [0.25, 0.3) is 0 Å². The molecule has 2 heterocycles. The van der Waals surface area contributed by atoms with Gasteiger partial charge in [0.1, 0.15) is 0 Å². The SMILES string of the molecule is CC1OB(c2ccc3c4ccc(B5OC(C)(C)C(C)(C)O5)c5cccc(c6cccc2c63)c54)OC1C. The Morgan fingerprint density at radius 3 is 1.39 bits per heavy atom. The molecule has 6 heteroatoms. The van der Waals surface area contributed by atoms with E-state index in [2.05, 4.69) is 102 Å². The zero-order chi connectivity index (χ0) is 25.0. The first kappa shape index (κ1) is 22.6. The Labute approximate surface area is 212 Å². The van der Waals surface area contributed by atoms with E-state index in [9.17, 15) is 0 Å². The van der Waals surface area contributed by atoms with E-state index in [1.165, 1.54) is 43.1 Å². The summed E-state index contributed by atoms with van der Waals surface area (Å²) in [5, 5.41) is 9.86. The molecular formula is C30H30B2O4. The second-order valence-electron chi connectivity index (χ2n) is 11.5. The summed E-state index contributed by atoms with van der Waals surface area (Å²) in [4.78, 5) is 0. The van der Waals surface area contributed by atoms with Crippen molar-refractivity contribution in [2.24, 2.45) is 0 Å². The van der Waals surface area contributed by atoms with E-state index < -0.39 is 7.12 Å². The van der Waals surface area contributed by atoms with Gasteiger partial charge in [-0.25, -0.2) is 0 Å². The minimum atomic E-state index is -0.403. The van der Waals surface area contributed by atoms with Crippen molar-refractivity contribution in [2.45, 2.75) is 65.0 Å². The van der Waals surface area contributed by atoms with Crippen LogP contribution in [0.1, 0.15) is 41.5 Å². The number of benzene rings is 5. The second-order valence-corrected chi connectivity index (χ2v) is 11.5. The lowest BCUT2D eigenvalue weighted by Gasteiger charge is -2.32. The Bertz CT molecular complexity index is 1610. The van der Waals surface area contributed by atoms with E-state index in [4.69, 9.17) is 18.6 Å². The second kappa shape index (κ2) is 7.45. The molecule has 4 nitrogen and oxygen atoms in total. The molecule has 0 spiro atoms. The molecule has 2 unspecified atom stereocenters. The first-order chi connectivity index (χ1) is 17.2. The molecule has 0 N–H and O–H groups in total. The van der Waals surface area contributed by atoms with E-state index in [-0.39, 0.29) is 30.5 Å². The quantitative estimate of drug-likeness (QED) is 0.190. The fourth-order valence-electron chi connectivity index (χ4n) is 5.93. The third kappa shape index (κ3) is 2.99. The van der Waals surface area contributed by atoms with Crippen LogP contribution in [0, 0.1) is 0 Å². The standard InChI is InChI=1S/C30H30B2O4/c1-17-18(2)34-31(33-17)25-15-13-21-22-14-16-26(32-35-29(3,4)30(5,6)36-32)24-12-8-10-20(28(22)24)19-9-7-11-23(25)27(19)21/h7-18H,1-6H3. The van der Waals surface area contributed by atoms with Crippen LogP contribution in [0.3, 0.4) is 0 Å². The van der Waals surface area contributed by atoms with Gasteiger partial charge in [0.05, 0.1) is 23.4 Å². The van der Waals surface area contributed by atoms with Crippen LogP contribution in [-0.2, 0) is 18.6 Å². The number of rotatable bonds is 2. The molecule has 0 aliphatic carbocycles. The normalized spacial score (nSPS) is 23.7. The van der Waals surface area contributed by atoms with Gasteiger partial charge in [-0.3, -0.25) is 0 Å². The minimum Gasteiger partial charge on any atom is -0.402 e. The van der Waals surface area contributed by atoms with Crippen LogP contribution in [0.5, 0.6) is 0 Å². The largest absolute Gasteiger partial charge is 0.495 e. The van der Waals surface area contributed by atoms with Crippen LogP contribution in [0.4, 0.5) is 0 Å². The highest BCUT2D eigenvalue weighted by Gasteiger charge is 2.52. The van der Waals surface area contributed by atoms with Gasteiger partial charge in [-0.1, -0.05) is 60.7 Å². The molecule has 2 saturated heterocycles. The van der Waals surface area contributed by atoms with E-state index in [0.717, 1.165) is 10.9 Å². The van der Waals surface area contributed by atoms with Crippen molar-refractivity contribution >= 4 is 68.3 Å². The zero-order valence-corrected chi connectivity index (χ0v) is 21.7. The fraction of sp³-hybridized carbons (Fsp3) is 0.333. The molecule has 36 heavy (non-hydrogen) atoms. The van der Waals surface area contributed by atoms with Crippen LogP contribution in [0.15, 0.2) is 60.7 Å². The summed E-state index contributed by atoms with van der Waals surface area (Å²) in [7, 11) is -0.748. The lowest BCUT2D eigenvalue weighted by Crippen LogP contribution is -2.41. The predicted octanol–water partition coefficient (Wildman–Crippen LogP) is 5.56. The molecule has 7 rings (SSSR count). The highest BCUT2D eigenvalue weighted by molar-refractivity contribution is 6.67.